The molecule has 2 rings (SSSR count). The molecule has 102 valence electrons. The first-order valence-corrected chi connectivity index (χ1v) is 6.12. The van der Waals surface area contributed by atoms with Crippen LogP contribution in [-0.4, -0.2) is 23.0 Å². The highest BCUT2D eigenvalue weighted by molar-refractivity contribution is 5.89. The number of urea groups is 1. The van der Waals surface area contributed by atoms with Gasteiger partial charge in [-0.05, 0) is 36.4 Å². The van der Waals surface area contributed by atoms with Gasteiger partial charge in [-0.25, -0.2) is 9.78 Å². The maximum Gasteiger partial charge on any atom is 0.318 e. The lowest BCUT2D eigenvalue weighted by molar-refractivity contribution is 0.254. The van der Waals surface area contributed by atoms with E-state index in [4.69, 9.17) is 0 Å². The Balaban J connectivity index is 2.25. The van der Waals surface area contributed by atoms with Crippen molar-refractivity contribution in [1.29, 1.82) is 0 Å². The van der Waals surface area contributed by atoms with E-state index in [2.05, 4.69) is 33.8 Å². The number of benzene rings is 1. The summed E-state index contributed by atoms with van der Waals surface area (Å²) in [6, 6.07) is 7.13. The van der Waals surface area contributed by atoms with E-state index in [9.17, 15) is 4.79 Å². The number of rotatable bonds is 4. The predicted molar refractivity (Wildman–Crippen MR) is 82.3 cm³/mol. The van der Waals surface area contributed by atoms with Crippen molar-refractivity contribution < 1.29 is 4.79 Å². The van der Waals surface area contributed by atoms with Gasteiger partial charge in [0.25, 0.3) is 0 Å². The molecule has 5 nitrogen and oxygen atoms in total. The number of carbonyl (C=O) groups excluding carboxylic acids is 1. The van der Waals surface area contributed by atoms with Gasteiger partial charge in [0.1, 0.15) is 5.82 Å². The highest BCUT2D eigenvalue weighted by atomic mass is 16.2. The molecule has 0 saturated heterocycles. The van der Waals surface area contributed by atoms with Crippen LogP contribution in [0.3, 0.4) is 0 Å². The van der Waals surface area contributed by atoms with Gasteiger partial charge in [-0.3, -0.25) is 0 Å². The van der Waals surface area contributed by atoms with Gasteiger partial charge in [0, 0.05) is 18.3 Å². The average molecular weight is 268 g/mol. The van der Waals surface area contributed by atoms with Crippen LogP contribution in [0.4, 0.5) is 10.5 Å². The molecule has 0 spiro atoms. The molecule has 2 amide bonds. The van der Waals surface area contributed by atoms with Gasteiger partial charge < -0.3 is 15.6 Å². The molecule has 5 heteroatoms. The Morgan fingerprint density at radius 1 is 1.25 bits per heavy atom. The van der Waals surface area contributed by atoms with Crippen molar-refractivity contribution in [2.24, 2.45) is 0 Å². The number of nitrogens with one attached hydrogen (secondary N) is 3. The van der Waals surface area contributed by atoms with E-state index in [1.807, 2.05) is 24.3 Å². The monoisotopic (exact) mass is 268 g/mol. The highest BCUT2D eigenvalue weighted by Gasteiger charge is 2.07. The Kier molecular flexibility index (Phi) is 4.00. The van der Waals surface area contributed by atoms with Gasteiger partial charge in [0.15, 0.2) is 0 Å². The summed E-state index contributed by atoms with van der Waals surface area (Å²) in [4.78, 5) is 18.8. The van der Waals surface area contributed by atoms with E-state index >= 15 is 0 Å². The molecule has 0 fully saturated rings. The van der Waals surface area contributed by atoms with Crippen LogP contribution in [0.15, 0.2) is 37.4 Å². The fraction of sp³-hybridized carbons (Fsp3) is 0.0667. The van der Waals surface area contributed by atoms with Crippen molar-refractivity contribution >= 4 is 23.9 Å². The van der Waals surface area contributed by atoms with Gasteiger partial charge in [-0.2, -0.15) is 0 Å². The molecule has 0 bridgehead atoms. The first-order chi connectivity index (χ1) is 9.67. The maximum absolute atomic E-state index is 11.2. The molecule has 1 aromatic carbocycles. The Labute approximate surface area is 117 Å². The fourth-order valence-electron chi connectivity index (χ4n) is 1.75. The molecule has 1 aromatic heterocycles. The third kappa shape index (κ3) is 2.77. The van der Waals surface area contributed by atoms with Crippen LogP contribution < -0.4 is 10.6 Å². The first kappa shape index (κ1) is 13.6. The summed E-state index contributed by atoms with van der Waals surface area (Å²) in [6.07, 6.45) is 3.38. The molecule has 0 unspecified atom stereocenters. The summed E-state index contributed by atoms with van der Waals surface area (Å²) in [6.45, 7) is 7.45. The zero-order valence-electron chi connectivity index (χ0n) is 11.2. The van der Waals surface area contributed by atoms with Gasteiger partial charge in [-0.1, -0.05) is 13.2 Å². The van der Waals surface area contributed by atoms with Crippen molar-refractivity contribution in [3.8, 4) is 11.4 Å². The van der Waals surface area contributed by atoms with E-state index in [0.29, 0.717) is 5.69 Å². The first-order valence-electron chi connectivity index (χ1n) is 6.12. The summed E-state index contributed by atoms with van der Waals surface area (Å²) < 4.78 is 0. The second-order valence-electron chi connectivity index (χ2n) is 4.07. The summed E-state index contributed by atoms with van der Waals surface area (Å²) in [5.74, 6) is 0.737. The van der Waals surface area contributed by atoms with Crippen molar-refractivity contribution in [3.63, 3.8) is 0 Å². The number of aromatic nitrogens is 2. The van der Waals surface area contributed by atoms with Crippen LogP contribution in [0.5, 0.6) is 0 Å². The van der Waals surface area contributed by atoms with Crippen LogP contribution >= 0.6 is 0 Å². The van der Waals surface area contributed by atoms with Crippen LogP contribution in [0.25, 0.3) is 23.5 Å². The molecule has 0 radical (unpaired) electrons. The maximum atomic E-state index is 11.2. The lowest BCUT2D eigenvalue weighted by Crippen LogP contribution is -2.24. The lowest BCUT2D eigenvalue weighted by Gasteiger charge is -2.04. The molecule has 0 aliphatic rings. The Morgan fingerprint density at radius 3 is 2.45 bits per heavy atom. The van der Waals surface area contributed by atoms with Gasteiger partial charge >= 0.3 is 6.03 Å². The molecule has 0 saturated carbocycles. The molecule has 20 heavy (non-hydrogen) atoms. The van der Waals surface area contributed by atoms with Crippen molar-refractivity contribution in [2.45, 2.75) is 0 Å². The fourth-order valence-corrected chi connectivity index (χ4v) is 1.75. The smallest absolute Gasteiger partial charge is 0.318 e. The molecule has 0 atom stereocenters. The largest absolute Gasteiger partial charge is 0.341 e. The Hall–Kier alpha value is -2.82. The topological polar surface area (TPSA) is 69.8 Å². The number of nitrogens with zero attached hydrogens (tertiary/aromatic N) is 1. The number of H-pyrrole nitrogens is 1. The van der Waals surface area contributed by atoms with E-state index in [1.165, 1.54) is 0 Å². The molecular weight excluding hydrogens is 252 g/mol. The van der Waals surface area contributed by atoms with Gasteiger partial charge in [-0.15, -0.1) is 0 Å². The third-order valence-electron chi connectivity index (χ3n) is 2.80. The molecule has 0 aliphatic heterocycles. The number of anilines is 1. The predicted octanol–water partition coefficient (Wildman–Crippen LogP) is 3.11. The number of carbonyl (C=O) groups is 1. The number of hydrogen-bond acceptors (Lipinski definition) is 2. The quantitative estimate of drug-likeness (QED) is 0.797. The minimum absolute atomic E-state index is 0.251. The lowest BCUT2D eigenvalue weighted by atomic mass is 10.2. The van der Waals surface area contributed by atoms with Crippen molar-refractivity contribution in [1.82, 2.24) is 15.3 Å². The number of imidazole rings is 1. The number of amides is 2. The normalized spacial score (nSPS) is 9.85. The van der Waals surface area contributed by atoms with Crippen LogP contribution in [0.1, 0.15) is 11.4 Å². The van der Waals surface area contributed by atoms with Crippen molar-refractivity contribution in [3.05, 3.63) is 48.8 Å². The standard InChI is InChI=1S/C15H16N4O/c1-4-12-13(5-2)19-14(18-12)10-6-8-11(9-7-10)17-15(20)16-3/h4-9H,1-2H2,3H3,(H,18,19)(H2,16,17,20). The van der Waals surface area contributed by atoms with E-state index in [1.54, 1.807) is 19.2 Å². The Bertz CT molecular complexity index is 615. The van der Waals surface area contributed by atoms with E-state index in [0.717, 1.165) is 22.8 Å². The summed E-state index contributed by atoms with van der Waals surface area (Å²) in [7, 11) is 1.57. The number of hydrogen-bond donors (Lipinski definition) is 3. The average Bonchev–Trinajstić information content (AvgIpc) is 2.91. The molecular formula is C15H16N4O. The SMILES string of the molecule is C=Cc1nc(-c2ccc(NC(=O)NC)cc2)[nH]c1C=C. The zero-order valence-corrected chi connectivity index (χ0v) is 11.2. The summed E-state index contributed by atoms with van der Waals surface area (Å²) >= 11 is 0. The molecule has 0 aliphatic carbocycles. The molecule has 3 N–H and O–H groups in total. The van der Waals surface area contributed by atoms with Gasteiger partial charge in [0.2, 0.25) is 0 Å². The second-order valence-corrected chi connectivity index (χ2v) is 4.07. The summed E-state index contributed by atoms with van der Waals surface area (Å²) in [5, 5.41) is 5.19. The minimum atomic E-state index is -0.251. The van der Waals surface area contributed by atoms with Crippen molar-refractivity contribution in [2.75, 3.05) is 12.4 Å². The zero-order chi connectivity index (χ0) is 14.5. The summed E-state index contributed by atoms with van der Waals surface area (Å²) in [5.41, 5.74) is 3.24. The minimum Gasteiger partial charge on any atom is -0.341 e. The third-order valence-corrected chi connectivity index (χ3v) is 2.80. The van der Waals surface area contributed by atoms with Gasteiger partial charge in [0.05, 0.1) is 11.4 Å². The van der Waals surface area contributed by atoms with E-state index in [-0.39, 0.29) is 6.03 Å². The van der Waals surface area contributed by atoms with Crippen LogP contribution in [0, 0.1) is 0 Å². The van der Waals surface area contributed by atoms with E-state index < -0.39 is 0 Å². The molecule has 1 heterocycles. The second kappa shape index (κ2) is 5.88. The van der Waals surface area contributed by atoms with Crippen LogP contribution in [-0.2, 0) is 0 Å². The Morgan fingerprint density at radius 2 is 1.95 bits per heavy atom. The molecule has 2 aromatic rings. The van der Waals surface area contributed by atoms with Crippen LogP contribution in [0.2, 0.25) is 0 Å². The highest BCUT2D eigenvalue weighted by Crippen LogP contribution is 2.21. The number of aromatic amines is 1.